The second kappa shape index (κ2) is 8.22. The van der Waals surface area contributed by atoms with Crippen molar-refractivity contribution < 1.29 is 30.4 Å². The molecular formula is C19H13F5N4O2S2. The van der Waals surface area contributed by atoms with Crippen LogP contribution in [0.25, 0.3) is 16.3 Å². The molecule has 0 saturated heterocycles. The van der Waals surface area contributed by atoms with Gasteiger partial charge in [0.05, 0.1) is 16.2 Å². The van der Waals surface area contributed by atoms with E-state index in [1.54, 1.807) is 5.38 Å². The molecule has 0 aliphatic rings. The summed E-state index contributed by atoms with van der Waals surface area (Å²) in [6.07, 6.45) is -4.86. The lowest BCUT2D eigenvalue weighted by atomic mass is 10.2. The Kier molecular flexibility index (Phi) is 5.73. The lowest BCUT2D eigenvalue weighted by Gasteiger charge is -2.11. The van der Waals surface area contributed by atoms with Gasteiger partial charge >= 0.3 is 6.18 Å². The number of hydrogen-bond acceptors (Lipinski definition) is 5. The molecule has 0 saturated carbocycles. The minimum atomic E-state index is -5.02. The first-order valence-corrected chi connectivity index (χ1v) is 11.4. The summed E-state index contributed by atoms with van der Waals surface area (Å²) in [7, 11) is -4.30. The third-order valence-electron chi connectivity index (χ3n) is 4.48. The van der Waals surface area contributed by atoms with Crippen molar-refractivity contribution in [1.82, 2.24) is 19.3 Å². The summed E-state index contributed by atoms with van der Waals surface area (Å²) in [4.78, 5) is 4.19. The van der Waals surface area contributed by atoms with Gasteiger partial charge in [0.2, 0.25) is 15.0 Å². The number of rotatable bonds is 6. The van der Waals surface area contributed by atoms with Crippen LogP contribution in [-0.4, -0.2) is 29.6 Å². The van der Waals surface area contributed by atoms with E-state index in [-0.39, 0.29) is 19.0 Å². The zero-order valence-corrected chi connectivity index (χ0v) is 17.5. The van der Waals surface area contributed by atoms with Gasteiger partial charge in [0, 0.05) is 23.9 Å². The quantitative estimate of drug-likeness (QED) is 0.411. The fraction of sp³-hybridized carbons (Fsp3) is 0.158. The van der Waals surface area contributed by atoms with E-state index in [4.69, 9.17) is 0 Å². The van der Waals surface area contributed by atoms with Crippen molar-refractivity contribution in [2.24, 2.45) is 0 Å². The first kappa shape index (κ1) is 22.3. The number of hydrogen-bond donors (Lipinski definition) is 1. The van der Waals surface area contributed by atoms with Crippen molar-refractivity contribution in [3.8, 4) is 11.4 Å². The lowest BCUT2D eigenvalue weighted by Crippen LogP contribution is -2.26. The number of nitrogens with zero attached hydrogens (tertiary/aromatic N) is 3. The van der Waals surface area contributed by atoms with E-state index in [1.165, 1.54) is 40.1 Å². The summed E-state index contributed by atoms with van der Waals surface area (Å²) in [6.45, 7) is -0.140. The highest BCUT2D eigenvalue weighted by Gasteiger charge is 2.35. The van der Waals surface area contributed by atoms with E-state index < -0.39 is 38.3 Å². The Bertz CT molecular complexity index is 1380. The second-order valence-corrected chi connectivity index (χ2v) is 9.25. The average Bonchev–Trinajstić information content (AvgIpc) is 3.29. The summed E-state index contributed by atoms with van der Waals surface area (Å²) in [5, 5.41) is 6.06. The van der Waals surface area contributed by atoms with E-state index in [1.807, 2.05) is 0 Å². The van der Waals surface area contributed by atoms with Crippen LogP contribution in [0.1, 0.15) is 11.3 Å². The van der Waals surface area contributed by atoms with Crippen molar-refractivity contribution in [2.75, 3.05) is 6.54 Å². The number of sulfonamides is 1. The van der Waals surface area contributed by atoms with Gasteiger partial charge in [-0.3, -0.25) is 0 Å². The van der Waals surface area contributed by atoms with Crippen LogP contribution in [0.15, 0.2) is 52.7 Å². The minimum absolute atomic E-state index is 0.140. The Balaban J connectivity index is 1.49. The number of fused-ring (bicyclic) bond motifs is 1. The molecule has 0 aliphatic heterocycles. The van der Waals surface area contributed by atoms with Gasteiger partial charge in [0.1, 0.15) is 11.6 Å². The van der Waals surface area contributed by atoms with Crippen LogP contribution in [0.5, 0.6) is 0 Å². The molecule has 2 heterocycles. The molecule has 0 spiro atoms. The zero-order valence-electron chi connectivity index (χ0n) is 15.9. The van der Waals surface area contributed by atoms with Crippen molar-refractivity contribution >= 4 is 26.3 Å². The topological polar surface area (TPSA) is 76.4 Å². The van der Waals surface area contributed by atoms with Gasteiger partial charge in [-0.25, -0.2) is 26.4 Å². The first-order chi connectivity index (χ1) is 15.0. The lowest BCUT2D eigenvalue weighted by molar-refractivity contribution is -0.140. The fourth-order valence-electron chi connectivity index (χ4n) is 2.90. The molecule has 168 valence electrons. The maximum Gasteiger partial charge on any atom is 0.419 e. The molecular weight excluding hydrogens is 475 g/mol. The molecule has 0 fully saturated rings. The smallest absolute Gasteiger partial charge is 0.211 e. The summed E-state index contributed by atoms with van der Waals surface area (Å²) >= 11 is 1.26. The Morgan fingerprint density at radius 2 is 1.78 bits per heavy atom. The molecule has 0 bridgehead atoms. The molecule has 4 rings (SSSR count). The Morgan fingerprint density at radius 1 is 1.06 bits per heavy atom. The number of halogens is 5. The Labute approximate surface area is 182 Å². The van der Waals surface area contributed by atoms with Gasteiger partial charge in [0.15, 0.2) is 5.82 Å². The summed E-state index contributed by atoms with van der Waals surface area (Å²) in [5.41, 5.74) is -0.440. The largest absolute Gasteiger partial charge is 0.419 e. The fourth-order valence-corrected chi connectivity index (χ4v) is 4.82. The molecule has 0 unspecified atom stereocenters. The van der Waals surface area contributed by atoms with E-state index in [0.29, 0.717) is 28.1 Å². The molecule has 2 aromatic heterocycles. The summed E-state index contributed by atoms with van der Waals surface area (Å²) in [6, 6.07) is 7.10. The van der Waals surface area contributed by atoms with Crippen LogP contribution in [-0.2, 0) is 22.6 Å². The zero-order chi connectivity index (χ0) is 23.1. The van der Waals surface area contributed by atoms with Gasteiger partial charge < -0.3 is 0 Å². The number of aromatic nitrogens is 3. The number of alkyl halides is 3. The maximum atomic E-state index is 13.4. The molecule has 13 heteroatoms. The van der Waals surface area contributed by atoms with Gasteiger partial charge in [-0.15, -0.1) is 16.4 Å². The van der Waals surface area contributed by atoms with Crippen LogP contribution in [0.4, 0.5) is 22.0 Å². The highest BCUT2D eigenvalue weighted by Crippen LogP contribution is 2.32. The van der Waals surface area contributed by atoms with Crippen LogP contribution in [0.2, 0.25) is 0 Å². The second-order valence-electron chi connectivity index (χ2n) is 6.65. The van der Waals surface area contributed by atoms with E-state index >= 15 is 0 Å². The normalized spacial score (nSPS) is 12.5. The van der Waals surface area contributed by atoms with Crippen LogP contribution < -0.4 is 4.72 Å². The monoisotopic (exact) mass is 488 g/mol. The first-order valence-electron chi connectivity index (χ1n) is 9.00. The highest BCUT2D eigenvalue weighted by molar-refractivity contribution is 7.89. The minimum Gasteiger partial charge on any atom is -0.211 e. The van der Waals surface area contributed by atoms with Crippen molar-refractivity contribution in [3.63, 3.8) is 0 Å². The molecule has 0 radical (unpaired) electrons. The van der Waals surface area contributed by atoms with Gasteiger partial charge in [-0.2, -0.15) is 18.2 Å². The molecule has 0 amide bonds. The molecule has 0 atom stereocenters. The van der Waals surface area contributed by atoms with Crippen molar-refractivity contribution in [3.05, 3.63) is 70.7 Å². The van der Waals surface area contributed by atoms with Crippen LogP contribution >= 0.6 is 11.3 Å². The number of nitrogens with one attached hydrogen (secondary N) is 1. The van der Waals surface area contributed by atoms with Crippen LogP contribution in [0.3, 0.4) is 0 Å². The summed E-state index contributed by atoms with van der Waals surface area (Å²) in [5.74, 6) is -1.59. The number of benzene rings is 2. The summed E-state index contributed by atoms with van der Waals surface area (Å²) < 4.78 is 93.5. The average molecular weight is 488 g/mol. The molecule has 32 heavy (non-hydrogen) atoms. The third kappa shape index (κ3) is 4.49. The Hall–Kier alpha value is -2.90. The molecule has 2 aromatic carbocycles. The van der Waals surface area contributed by atoms with Crippen LogP contribution in [0, 0.1) is 11.6 Å². The molecule has 6 nitrogen and oxygen atoms in total. The van der Waals surface area contributed by atoms with Crippen molar-refractivity contribution in [1.29, 1.82) is 0 Å². The maximum absolute atomic E-state index is 13.4. The highest BCUT2D eigenvalue weighted by atomic mass is 32.2. The predicted octanol–water partition coefficient (Wildman–Crippen LogP) is 4.28. The Morgan fingerprint density at radius 3 is 2.47 bits per heavy atom. The molecule has 1 N–H and O–H groups in total. The third-order valence-corrected chi connectivity index (χ3v) is 6.80. The van der Waals surface area contributed by atoms with Gasteiger partial charge in [-0.1, -0.05) is 0 Å². The molecule has 0 aliphatic carbocycles. The SMILES string of the molecule is O=S(=O)(NCCc1csc2nc(-c3ccc(F)cc3)nn12)c1ccc(F)c(C(F)(F)F)c1. The molecule has 4 aromatic rings. The van der Waals surface area contributed by atoms with Gasteiger partial charge in [-0.05, 0) is 42.5 Å². The van der Waals surface area contributed by atoms with E-state index in [9.17, 15) is 30.4 Å². The predicted molar refractivity (Wildman–Crippen MR) is 107 cm³/mol. The van der Waals surface area contributed by atoms with E-state index in [0.717, 1.165) is 6.07 Å². The van der Waals surface area contributed by atoms with Crippen molar-refractivity contribution in [2.45, 2.75) is 17.5 Å². The standard InChI is InChI=1S/C19H13F5N4O2S2/c20-12-3-1-11(2-4-12)17-26-18-28(27-17)13(10-31-18)7-8-25-32(29,30)14-5-6-16(21)15(9-14)19(22,23)24/h1-6,9-10,25H,7-8H2. The number of thiazole rings is 1. The van der Waals surface area contributed by atoms with E-state index in [2.05, 4.69) is 14.8 Å². The van der Waals surface area contributed by atoms with Gasteiger partial charge in [0.25, 0.3) is 0 Å².